The number of carbonyl (C=O) groups is 1. The van der Waals surface area contributed by atoms with E-state index in [2.05, 4.69) is 0 Å². The molecule has 1 saturated heterocycles. The van der Waals surface area contributed by atoms with Crippen LogP contribution in [0.3, 0.4) is 0 Å². The molecule has 1 aliphatic rings. The number of nitrogens with zero attached hydrogens (tertiary/aromatic N) is 1. The maximum atomic E-state index is 12.8. The summed E-state index contributed by atoms with van der Waals surface area (Å²) in [4.78, 5) is 23.9. The largest absolute Gasteiger partial charge is 0.481 e. The minimum Gasteiger partial charge on any atom is -0.481 e. The molecule has 6 nitrogen and oxygen atoms in total. The van der Waals surface area contributed by atoms with Gasteiger partial charge in [0.15, 0.2) is 5.43 Å². The van der Waals surface area contributed by atoms with E-state index in [0.29, 0.717) is 24.9 Å². The molecule has 1 aliphatic heterocycles. The third kappa shape index (κ3) is 4.86. The zero-order valence-electron chi connectivity index (χ0n) is 15.2. The van der Waals surface area contributed by atoms with Crippen LogP contribution in [0.4, 0.5) is 0 Å². The standard InChI is InChI=1S/C20H23NO5S/c1-14-2-4-16(5-3-14)18-13-21(12-17(20(18)24)10-19(22)23)11-15-6-8-27(25,26)9-7-15/h2-5,12-13,15H,6-11H2,1H3,(H,22,23). The Morgan fingerprint density at radius 3 is 2.37 bits per heavy atom. The Bertz CT molecular complexity index is 992. The van der Waals surface area contributed by atoms with E-state index in [-0.39, 0.29) is 34.8 Å². The highest BCUT2D eigenvalue weighted by molar-refractivity contribution is 7.91. The van der Waals surface area contributed by atoms with Crippen LogP contribution in [0.15, 0.2) is 41.5 Å². The molecule has 0 radical (unpaired) electrons. The second-order valence-electron chi connectivity index (χ2n) is 7.25. The van der Waals surface area contributed by atoms with E-state index in [1.165, 1.54) is 0 Å². The molecule has 7 heteroatoms. The van der Waals surface area contributed by atoms with Crippen LogP contribution in [-0.2, 0) is 27.6 Å². The molecule has 0 unspecified atom stereocenters. The van der Waals surface area contributed by atoms with E-state index >= 15 is 0 Å². The van der Waals surface area contributed by atoms with Crippen LogP contribution < -0.4 is 5.43 Å². The number of hydrogen-bond donors (Lipinski definition) is 1. The predicted molar refractivity (Wildman–Crippen MR) is 104 cm³/mol. The molecule has 1 fully saturated rings. The summed E-state index contributed by atoms with van der Waals surface area (Å²) in [7, 11) is -2.93. The van der Waals surface area contributed by atoms with Crippen molar-refractivity contribution in [2.75, 3.05) is 11.5 Å². The van der Waals surface area contributed by atoms with Gasteiger partial charge in [-0.3, -0.25) is 9.59 Å². The first kappa shape index (κ1) is 19.4. The van der Waals surface area contributed by atoms with Gasteiger partial charge in [0.25, 0.3) is 0 Å². The lowest BCUT2D eigenvalue weighted by atomic mass is 10.0. The summed E-state index contributed by atoms with van der Waals surface area (Å²) in [6.45, 7) is 2.53. The SMILES string of the molecule is Cc1ccc(-c2cn(CC3CCS(=O)(=O)CC3)cc(CC(=O)O)c2=O)cc1. The molecule has 2 aromatic rings. The highest BCUT2D eigenvalue weighted by Gasteiger charge is 2.24. The van der Waals surface area contributed by atoms with Crippen LogP contribution in [-0.4, -0.2) is 35.6 Å². The van der Waals surface area contributed by atoms with Crippen molar-refractivity contribution in [1.29, 1.82) is 0 Å². The maximum absolute atomic E-state index is 12.8. The first-order valence-electron chi connectivity index (χ1n) is 8.96. The van der Waals surface area contributed by atoms with Crippen molar-refractivity contribution in [1.82, 2.24) is 4.57 Å². The van der Waals surface area contributed by atoms with E-state index in [4.69, 9.17) is 5.11 Å². The minimum absolute atomic E-state index is 0.185. The van der Waals surface area contributed by atoms with Gasteiger partial charge in [-0.15, -0.1) is 0 Å². The van der Waals surface area contributed by atoms with E-state index in [0.717, 1.165) is 11.1 Å². The quantitative estimate of drug-likeness (QED) is 0.847. The topological polar surface area (TPSA) is 93.4 Å². The number of sulfone groups is 1. The van der Waals surface area contributed by atoms with Crippen molar-refractivity contribution in [2.45, 2.75) is 32.7 Å². The third-order valence-corrected chi connectivity index (χ3v) is 6.72. The molecule has 0 spiro atoms. The molecule has 0 bridgehead atoms. The van der Waals surface area contributed by atoms with E-state index in [1.807, 2.05) is 35.8 Å². The number of rotatable bonds is 5. The fourth-order valence-electron chi connectivity index (χ4n) is 3.45. The van der Waals surface area contributed by atoms with Gasteiger partial charge in [0, 0.05) is 30.1 Å². The summed E-state index contributed by atoms with van der Waals surface area (Å²) in [6, 6.07) is 7.53. The Labute approximate surface area is 158 Å². The Kier molecular flexibility index (Phi) is 5.51. The normalized spacial score (nSPS) is 16.9. The summed E-state index contributed by atoms with van der Waals surface area (Å²) in [5, 5.41) is 9.14. The highest BCUT2D eigenvalue weighted by Crippen LogP contribution is 2.22. The lowest BCUT2D eigenvalue weighted by Gasteiger charge is -2.23. The number of aromatic nitrogens is 1. The van der Waals surface area contributed by atoms with Gasteiger partial charge in [0.05, 0.1) is 17.9 Å². The average molecular weight is 389 g/mol. The summed E-state index contributed by atoms with van der Waals surface area (Å²) in [5.74, 6) is -0.488. The lowest BCUT2D eigenvalue weighted by Crippen LogP contribution is -2.27. The zero-order chi connectivity index (χ0) is 19.6. The summed E-state index contributed by atoms with van der Waals surface area (Å²) < 4.78 is 25.1. The van der Waals surface area contributed by atoms with Gasteiger partial charge >= 0.3 is 5.97 Å². The van der Waals surface area contributed by atoms with E-state index in [9.17, 15) is 18.0 Å². The Hall–Kier alpha value is -2.41. The zero-order valence-corrected chi connectivity index (χ0v) is 16.0. The van der Waals surface area contributed by atoms with Gasteiger partial charge in [-0.2, -0.15) is 0 Å². The van der Waals surface area contributed by atoms with Gasteiger partial charge in [0.1, 0.15) is 9.84 Å². The Morgan fingerprint density at radius 2 is 1.78 bits per heavy atom. The average Bonchev–Trinajstić information content (AvgIpc) is 2.60. The molecule has 1 aromatic carbocycles. The molecule has 2 heterocycles. The van der Waals surface area contributed by atoms with Crippen molar-refractivity contribution < 1.29 is 18.3 Å². The molecule has 0 aliphatic carbocycles. The van der Waals surface area contributed by atoms with Crippen LogP contribution in [0.2, 0.25) is 0 Å². The van der Waals surface area contributed by atoms with Crippen LogP contribution in [0.1, 0.15) is 24.0 Å². The second kappa shape index (κ2) is 7.68. The van der Waals surface area contributed by atoms with Crippen LogP contribution in [0.5, 0.6) is 0 Å². The van der Waals surface area contributed by atoms with Crippen LogP contribution in [0.25, 0.3) is 11.1 Å². The second-order valence-corrected chi connectivity index (χ2v) is 9.56. The van der Waals surface area contributed by atoms with Crippen molar-refractivity contribution in [3.8, 4) is 11.1 Å². The smallest absolute Gasteiger partial charge is 0.308 e. The van der Waals surface area contributed by atoms with Crippen LogP contribution in [0, 0.1) is 12.8 Å². The Morgan fingerprint density at radius 1 is 1.15 bits per heavy atom. The monoisotopic (exact) mass is 389 g/mol. The summed E-state index contributed by atoms with van der Waals surface area (Å²) >= 11 is 0. The van der Waals surface area contributed by atoms with Gasteiger partial charge in [-0.25, -0.2) is 8.42 Å². The maximum Gasteiger partial charge on any atom is 0.308 e. The molecule has 0 atom stereocenters. The number of aryl methyl sites for hydroxylation is 1. The summed E-state index contributed by atoms with van der Waals surface area (Å²) in [6.07, 6.45) is 4.18. The number of pyridine rings is 1. The first-order chi connectivity index (χ1) is 12.7. The highest BCUT2D eigenvalue weighted by atomic mass is 32.2. The van der Waals surface area contributed by atoms with Crippen molar-refractivity contribution >= 4 is 15.8 Å². The molecular weight excluding hydrogens is 366 g/mol. The fraction of sp³-hybridized carbons (Fsp3) is 0.400. The van der Waals surface area contributed by atoms with Crippen molar-refractivity contribution in [2.24, 2.45) is 5.92 Å². The predicted octanol–water partition coefficient (Wildman–Crippen LogP) is 2.28. The number of carboxylic acid groups (broad SMARTS) is 1. The molecule has 0 amide bonds. The number of hydrogen-bond acceptors (Lipinski definition) is 4. The first-order valence-corrected chi connectivity index (χ1v) is 10.8. The minimum atomic E-state index is -2.93. The molecule has 3 rings (SSSR count). The molecule has 1 N–H and O–H groups in total. The lowest BCUT2D eigenvalue weighted by molar-refractivity contribution is -0.136. The van der Waals surface area contributed by atoms with Gasteiger partial charge in [0.2, 0.25) is 0 Å². The van der Waals surface area contributed by atoms with Gasteiger partial charge < -0.3 is 9.67 Å². The number of benzene rings is 1. The van der Waals surface area contributed by atoms with Gasteiger partial charge in [-0.1, -0.05) is 29.8 Å². The molecule has 1 aromatic heterocycles. The van der Waals surface area contributed by atoms with Gasteiger partial charge in [-0.05, 0) is 31.2 Å². The molecular formula is C20H23NO5S. The molecule has 144 valence electrons. The van der Waals surface area contributed by atoms with Crippen molar-refractivity contribution in [3.63, 3.8) is 0 Å². The fourth-order valence-corrected chi connectivity index (χ4v) is 5.04. The number of carboxylic acids is 1. The number of aliphatic carboxylic acids is 1. The van der Waals surface area contributed by atoms with Crippen LogP contribution >= 0.6 is 0 Å². The van der Waals surface area contributed by atoms with E-state index in [1.54, 1.807) is 12.4 Å². The van der Waals surface area contributed by atoms with Crippen molar-refractivity contribution in [3.05, 3.63) is 58.0 Å². The van der Waals surface area contributed by atoms with E-state index < -0.39 is 15.8 Å². The molecule has 27 heavy (non-hydrogen) atoms. The Balaban J connectivity index is 1.96. The third-order valence-electron chi connectivity index (χ3n) is 5.00. The molecule has 0 saturated carbocycles. The summed E-state index contributed by atoms with van der Waals surface area (Å²) in [5.41, 5.74) is 2.26.